The number of halogens is 3. The second-order valence-corrected chi connectivity index (χ2v) is 5.99. The summed E-state index contributed by atoms with van der Waals surface area (Å²) in [5, 5.41) is 6.99. The average Bonchev–Trinajstić information content (AvgIpc) is 3.02. The molecule has 3 heterocycles. The molecule has 4 rings (SSSR count). The Hall–Kier alpha value is -4.02. The monoisotopic (exact) mass is 398 g/mol. The summed E-state index contributed by atoms with van der Waals surface area (Å²) in [5.41, 5.74) is 5.80. The van der Waals surface area contributed by atoms with Crippen LogP contribution in [0.2, 0.25) is 0 Å². The maximum Gasteiger partial charge on any atom is 0.225 e. The van der Waals surface area contributed by atoms with Gasteiger partial charge < -0.3 is 11.1 Å². The zero-order chi connectivity index (χ0) is 20.5. The van der Waals surface area contributed by atoms with Gasteiger partial charge in [0.05, 0.1) is 11.3 Å². The zero-order valence-electron chi connectivity index (χ0n) is 14.9. The van der Waals surface area contributed by atoms with Crippen LogP contribution in [0.25, 0.3) is 22.6 Å². The normalized spacial score (nSPS) is 10.9. The average molecular weight is 398 g/mol. The van der Waals surface area contributed by atoms with Gasteiger partial charge >= 0.3 is 0 Å². The minimum atomic E-state index is -0.837. The largest absolute Gasteiger partial charge is 0.368 e. The minimum absolute atomic E-state index is 0.0313. The molecular weight excluding hydrogens is 385 g/mol. The third kappa shape index (κ3) is 3.70. The van der Waals surface area contributed by atoms with E-state index in [1.807, 2.05) is 0 Å². The molecule has 0 fully saturated rings. The number of nitrogens with zero attached hydrogens (tertiary/aromatic N) is 6. The SMILES string of the molecule is Cn1nc(-c2ccc(F)nc2)nc1Nc1cc(F)c(-c2ccnc(N)n2)c(F)c1. The van der Waals surface area contributed by atoms with Gasteiger partial charge in [-0.15, -0.1) is 5.10 Å². The number of rotatable bonds is 4. The summed E-state index contributed by atoms with van der Waals surface area (Å²) >= 11 is 0. The molecule has 0 spiro atoms. The topological polar surface area (TPSA) is 107 Å². The van der Waals surface area contributed by atoms with Crippen molar-refractivity contribution in [3.63, 3.8) is 0 Å². The summed E-state index contributed by atoms with van der Waals surface area (Å²) in [6.45, 7) is 0. The standard InChI is InChI=1S/C18H13F3N8/c1-29-18(27-16(28-29)9-2-3-14(21)24-8-9)25-10-6-11(19)15(12(20)7-10)13-4-5-23-17(22)26-13/h2-8H,1H3,(H2,22,23,26)(H,25,27,28). The molecular formula is C18H13F3N8. The fourth-order valence-electron chi connectivity index (χ4n) is 2.66. The van der Waals surface area contributed by atoms with E-state index in [1.54, 1.807) is 7.05 Å². The highest BCUT2D eigenvalue weighted by Crippen LogP contribution is 2.29. The van der Waals surface area contributed by atoms with Gasteiger partial charge in [0, 0.05) is 30.7 Å². The molecule has 0 aliphatic heterocycles. The van der Waals surface area contributed by atoms with Crippen LogP contribution in [-0.2, 0) is 7.05 Å². The second-order valence-electron chi connectivity index (χ2n) is 5.99. The fraction of sp³-hybridized carbons (Fsp3) is 0.0556. The summed E-state index contributed by atoms with van der Waals surface area (Å²) in [5.74, 6) is -1.89. The summed E-state index contributed by atoms with van der Waals surface area (Å²) in [4.78, 5) is 15.4. The lowest BCUT2D eigenvalue weighted by Crippen LogP contribution is -2.03. The van der Waals surface area contributed by atoms with Crippen molar-refractivity contribution in [3.8, 4) is 22.6 Å². The van der Waals surface area contributed by atoms with Crippen molar-refractivity contribution in [1.29, 1.82) is 0 Å². The first-order valence-electron chi connectivity index (χ1n) is 8.28. The van der Waals surface area contributed by atoms with E-state index in [0.29, 0.717) is 5.56 Å². The Morgan fingerprint density at radius 1 is 1.00 bits per heavy atom. The number of benzene rings is 1. The van der Waals surface area contributed by atoms with Gasteiger partial charge in [-0.05, 0) is 30.3 Å². The molecule has 0 aliphatic carbocycles. The van der Waals surface area contributed by atoms with Gasteiger partial charge in [0.25, 0.3) is 0 Å². The molecule has 8 nitrogen and oxygen atoms in total. The molecule has 0 radical (unpaired) electrons. The molecule has 29 heavy (non-hydrogen) atoms. The van der Waals surface area contributed by atoms with Gasteiger partial charge in [-0.2, -0.15) is 9.37 Å². The molecule has 0 saturated carbocycles. The molecule has 0 amide bonds. The van der Waals surface area contributed by atoms with Crippen molar-refractivity contribution in [2.45, 2.75) is 0 Å². The van der Waals surface area contributed by atoms with E-state index in [9.17, 15) is 13.2 Å². The van der Waals surface area contributed by atoms with E-state index in [0.717, 1.165) is 12.1 Å². The van der Waals surface area contributed by atoms with Crippen molar-refractivity contribution >= 4 is 17.6 Å². The van der Waals surface area contributed by atoms with Gasteiger partial charge in [0.2, 0.25) is 17.8 Å². The van der Waals surface area contributed by atoms with Crippen LogP contribution in [0.15, 0.2) is 42.7 Å². The molecule has 11 heteroatoms. The summed E-state index contributed by atoms with van der Waals surface area (Å²) in [7, 11) is 1.60. The summed E-state index contributed by atoms with van der Waals surface area (Å²) < 4.78 is 43.5. The van der Waals surface area contributed by atoms with Crippen molar-refractivity contribution in [3.05, 3.63) is 60.3 Å². The Balaban J connectivity index is 1.64. The third-order valence-electron chi connectivity index (χ3n) is 3.98. The van der Waals surface area contributed by atoms with Crippen LogP contribution in [0.5, 0.6) is 0 Å². The maximum absolute atomic E-state index is 14.6. The van der Waals surface area contributed by atoms with Crippen LogP contribution in [-0.4, -0.2) is 29.7 Å². The number of hydrogen-bond acceptors (Lipinski definition) is 7. The predicted octanol–water partition coefficient (Wildman–Crippen LogP) is 3.08. The lowest BCUT2D eigenvalue weighted by Gasteiger charge is -2.09. The molecule has 0 unspecified atom stereocenters. The van der Waals surface area contributed by atoms with Crippen LogP contribution < -0.4 is 11.1 Å². The van der Waals surface area contributed by atoms with Crippen LogP contribution >= 0.6 is 0 Å². The molecule has 4 aromatic rings. The van der Waals surface area contributed by atoms with Gasteiger partial charge in [0.1, 0.15) is 11.6 Å². The van der Waals surface area contributed by atoms with Crippen LogP contribution in [0.4, 0.5) is 30.8 Å². The number of aromatic nitrogens is 6. The van der Waals surface area contributed by atoms with Gasteiger partial charge in [-0.3, -0.25) is 0 Å². The van der Waals surface area contributed by atoms with E-state index in [2.05, 4.69) is 30.4 Å². The number of pyridine rings is 1. The minimum Gasteiger partial charge on any atom is -0.368 e. The Morgan fingerprint density at radius 2 is 1.76 bits per heavy atom. The molecule has 3 N–H and O–H groups in total. The molecule has 146 valence electrons. The molecule has 0 aliphatic rings. The number of nitrogen functional groups attached to an aromatic ring is 1. The number of hydrogen-bond donors (Lipinski definition) is 2. The van der Waals surface area contributed by atoms with E-state index >= 15 is 0 Å². The first-order valence-corrected chi connectivity index (χ1v) is 8.28. The van der Waals surface area contributed by atoms with E-state index in [1.165, 1.54) is 35.3 Å². The van der Waals surface area contributed by atoms with Crippen molar-refractivity contribution in [2.75, 3.05) is 11.1 Å². The first-order chi connectivity index (χ1) is 13.9. The van der Waals surface area contributed by atoms with Gasteiger partial charge in [0.15, 0.2) is 5.82 Å². The van der Waals surface area contributed by atoms with E-state index < -0.39 is 17.6 Å². The Kier molecular flexibility index (Phi) is 4.55. The molecule has 0 bridgehead atoms. The Labute approximate surface area is 162 Å². The van der Waals surface area contributed by atoms with Crippen LogP contribution in [0, 0.1) is 17.6 Å². The third-order valence-corrected chi connectivity index (χ3v) is 3.98. The lowest BCUT2D eigenvalue weighted by atomic mass is 10.1. The molecule has 3 aromatic heterocycles. The maximum atomic E-state index is 14.6. The highest BCUT2D eigenvalue weighted by molar-refractivity contribution is 5.67. The number of anilines is 3. The van der Waals surface area contributed by atoms with E-state index in [-0.39, 0.29) is 34.7 Å². The summed E-state index contributed by atoms with van der Waals surface area (Å²) in [6.07, 6.45) is 2.60. The first kappa shape index (κ1) is 18.3. The van der Waals surface area contributed by atoms with Crippen molar-refractivity contribution < 1.29 is 13.2 Å². The highest BCUT2D eigenvalue weighted by atomic mass is 19.1. The highest BCUT2D eigenvalue weighted by Gasteiger charge is 2.17. The van der Waals surface area contributed by atoms with Crippen LogP contribution in [0.3, 0.4) is 0 Å². The quantitative estimate of drug-likeness (QED) is 0.509. The number of aryl methyl sites for hydroxylation is 1. The molecule has 1 aromatic carbocycles. The number of nitrogens with one attached hydrogen (secondary N) is 1. The van der Waals surface area contributed by atoms with E-state index in [4.69, 9.17) is 5.73 Å². The zero-order valence-corrected chi connectivity index (χ0v) is 14.9. The molecule has 0 atom stereocenters. The fourth-order valence-corrected chi connectivity index (χ4v) is 2.66. The predicted molar refractivity (Wildman–Crippen MR) is 99.3 cm³/mol. The van der Waals surface area contributed by atoms with Gasteiger partial charge in [-0.25, -0.2) is 28.4 Å². The Morgan fingerprint density at radius 3 is 2.41 bits per heavy atom. The van der Waals surface area contributed by atoms with Crippen LogP contribution in [0.1, 0.15) is 0 Å². The smallest absolute Gasteiger partial charge is 0.225 e. The summed E-state index contributed by atoms with van der Waals surface area (Å²) in [6, 6.07) is 6.22. The van der Waals surface area contributed by atoms with Gasteiger partial charge in [-0.1, -0.05) is 0 Å². The van der Waals surface area contributed by atoms with Crippen molar-refractivity contribution in [1.82, 2.24) is 29.7 Å². The number of nitrogens with two attached hydrogens (primary N) is 1. The Bertz CT molecular complexity index is 1170. The second kappa shape index (κ2) is 7.19. The van der Waals surface area contributed by atoms with Crippen molar-refractivity contribution in [2.24, 2.45) is 7.05 Å². The lowest BCUT2D eigenvalue weighted by molar-refractivity contribution is 0.584. The molecule has 0 saturated heterocycles.